The number of halogens is 1. The van der Waals surface area contributed by atoms with Crippen LogP contribution in [0, 0.1) is 37.5 Å². The predicted octanol–water partition coefficient (Wildman–Crippen LogP) is 1.87. The van der Waals surface area contributed by atoms with Gasteiger partial charge in [-0.2, -0.15) is 5.10 Å². The van der Waals surface area contributed by atoms with Crippen molar-refractivity contribution in [3.05, 3.63) is 29.6 Å². The van der Waals surface area contributed by atoms with Crippen molar-refractivity contribution in [1.82, 2.24) is 25.3 Å². The molecule has 2 amide bonds. The molecule has 8 nitrogen and oxygen atoms in total. The fourth-order valence-electron chi connectivity index (χ4n) is 5.12. The van der Waals surface area contributed by atoms with Crippen LogP contribution < -0.4 is 10.6 Å². The molecule has 1 aliphatic heterocycles. The van der Waals surface area contributed by atoms with Crippen molar-refractivity contribution in [2.24, 2.45) is 28.7 Å². The standard InChI is InChI=1S/C22H32N6O2.HI/c1-4-23-22(24-8-5-10-28-15(3)12-14(2)26-28)25-9-11-27-20(29)18-16-6-7-17(13-16)19(18)21(27)30;/h6-7,12,16-19H,4-5,8-11,13H2,1-3H3,(H2,23,24,25);1H. The summed E-state index contributed by atoms with van der Waals surface area (Å²) in [6.07, 6.45) is 6.11. The molecule has 1 aromatic rings. The maximum atomic E-state index is 12.8. The van der Waals surface area contributed by atoms with Gasteiger partial charge in [0.05, 0.1) is 17.5 Å². The van der Waals surface area contributed by atoms with Gasteiger partial charge in [0.25, 0.3) is 0 Å². The molecule has 1 aromatic heterocycles. The Balaban J connectivity index is 0.00000272. The first-order valence-electron chi connectivity index (χ1n) is 11.1. The van der Waals surface area contributed by atoms with Gasteiger partial charge in [0, 0.05) is 38.4 Å². The predicted molar refractivity (Wildman–Crippen MR) is 130 cm³/mol. The summed E-state index contributed by atoms with van der Waals surface area (Å²) in [4.78, 5) is 31.6. The van der Waals surface area contributed by atoms with E-state index in [1.54, 1.807) is 0 Å². The number of aryl methyl sites for hydroxylation is 3. The van der Waals surface area contributed by atoms with E-state index in [1.165, 1.54) is 4.90 Å². The Morgan fingerprint density at radius 2 is 1.81 bits per heavy atom. The minimum atomic E-state index is -0.121. The Kier molecular flexibility index (Phi) is 7.77. The molecule has 9 heteroatoms. The van der Waals surface area contributed by atoms with Gasteiger partial charge >= 0.3 is 0 Å². The first-order valence-corrected chi connectivity index (χ1v) is 11.1. The van der Waals surface area contributed by atoms with Crippen LogP contribution in [0.4, 0.5) is 0 Å². The van der Waals surface area contributed by atoms with E-state index in [-0.39, 0.29) is 59.5 Å². The smallest absolute Gasteiger partial charge is 0.233 e. The lowest BCUT2D eigenvalue weighted by Crippen LogP contribution is -2.43. The van der Waals surface area contributed by atoms with E-state index in [2.05, 4.69) is 45.9 Å². The Morgan fingerprint density at radius 1 is 1.13 bits per heavy atom. The van der Waals surface area contributed by atoms with Crippen molar-refractivity contribution >= 4 is 41.8 Å². The van der Waals surface area contributed by atoms with Crippen LogP contribution in [0.25, 0.3) is 0 Å². The lowest BCUT2D eigenvalue weighted by molar-refractivity contribution is -0.140. The number of fused-ring (bicyclic) bond motifs is 5. The second-order valence-electron chi connectivity index (χ2n) is 8.52. The van der Waals surface area contributed by atoms with Crippen LogP contribution in [-0.4, -0.2) is 58.6 Å². The summed E-state index contributed by atoms with van der Waals surface area (Å²) in [5.41, 5.74) is 2.19. The number of guanidine groups is 1. The summed E-state index contributed by atoms with van der Waals surface area (Å²) in [5, 5.41) is 11.0. The minimum Gasteiger partial charge on any atom is -0.357 e. The van der Waals surface area contributed by atoms with Crippen molar-refractivity contribution in [2.45, 2.75) is 40.2 Å². The highest BCUT2D eigenvalue weighted by Crippen LogP contribution is 2.52. The third kappa shape index (κ3) is 4.80. The quantitative estimate of drug-likeness (QED) is 0.131. The van der Waals surface area contributed by atoms with Crippen LogP contribution in [0.15, 0.2) is 23.2 Å². The maximum Gasteiger partial charge on any atom is 0.233 e. The Hall–Kier alpha value is -1.91. The third-order valence-electron chi connectivity index (χ3n) is 6.44. The van der Waals surface area contributed by atoms with Crippen LogP contribution in [0.1, 0.15) is 31.2 Å². The molecule has 2 fully saturated rings. The van der Waals surface area contributed by atoms with Gasteiger partial charge in [0.15, 0.2) is 5.96 Å². The number of amides is 2. The van der Waals surface area contributed by atoms with Crippen LogP contribution in [0.3, 0.4) is 0 Å². The lowest BCUT2D eigenvalue weighted by atomic mass is 9.85. The number of rotatable bonds is 8. The average Bonchev–Trinajstić information content (AvgIpc) is 3.45. The molecule has 3 aliphatic rings. The summed E-state index contributed by atoms with van der Waals surface area (Å²) in [6.45, 7) is 9.23. The summed E-state index contributed by atoms with van der Waals surface area (Å²) >= 11 is 0. The maximum absolute atomic E-state index is 12.8. The molecule has 1 saturated heterocycles. The molecular weight excluding hydrogens is 507 g/mol. The van der Waals surface area contributed by atoms with Crippen molar-refractivity contribution in [2.75, 3.05) is 26.2 Å². The molecule has 170 valence electrons. The van der Waals surface area contributed by atoms with Gasteiger partial charge in [-0.05, 0) is 51.5 Å². The number of allylic oxidation sites excluding steroid dienone is 2. The normalized spacial score (nSPS) is 26.4. The number of likely N-dealkylation sites (tertiary alicyclic amines) is 1. The minimum absolute atomic E-state index is 0. The summed E-state index contributed by atoms with van der Waals surface area (Å²) in [5.74, 6) is 1.01. The van der Waals surface area contributed by atoms with E-state index in [0.717, 1.165) is 37.3 Å². The number of nitrogens with one attached hydrogen (secondary N) is 2. The summed E-state index contributed by atoms with van der Waals surface area (Å²) in [6, 6.07) is 2.07. The lowest BCUT2D eigenvalue weighted by Gasteiger charge is -2.18. The fourth-order valence-corrected chi connectivity index (χ4v) is 5.12. The molecule has 1 saturated carbocycles. The van der Waals surface area contributed by atoms with Crippen LogP contribution in [0.2, 0.25) is 0 Å². The first kappa shape index (κ1) is 23.7. The van der Waals surface area contributed by atoms with E-state index in [4.69, 9.17) is 0 Å². The zero-order valence-corrected chi connectivity index (χ0v) is 20.8. The average molecular weight is 540 g/mol. The number of carbonyl (C=O) groups excluding carboxylic acids is 2. The largest absolute Gasteiger partial charge is 0.357 e. The van der Waals surface area contributed by atoms with Gasteiger partial charge in [0.2, 0.25) is 11.8 Å². The van der Waals surface area contributed by atoms with Crippen molar-refractivity contribution < 1.29 is 9.59 Å². The van der Waals surface area contributed by atoms with Crippen LogP contribution in [0.5, 0.6) is 0 Å². The van der Waals surface area contributed by atoms with Gasteiger partial charge in [-0.1, -0.05) is 12.2 Å². The van der Waals surface area contributed by atoms with E-state index in [9.17, 15) is 9.59 Å². The molecule has 0 radical (unpaired) electrons. The number of hydrogen-bond acceptors (Lipinski definition) is 4. The molecule has 0 spiro atoms. The molecule has 2 N–H and O–H groups in total. The zero-order valence-electron chi connectivity index (χ0n) is 18.5. The van der Waals surface area contributed by atoms with E-state index < -0.39 is 0 Å². The van der Waals surface area contributed by atoms with E-state index >= 15 is 0 Å². The fraction of sp³-hybridized carbons (Fsp3) is 0.636. The molecule has 4 rings (SSSR count). The van der Waals surface area contributed by atoms with Gasteiger partial charge in [-0.25, -0.2) is 0 Å². The zero-order chi connectivity index (χ0) is 21.3. The van der Waals surface area contributed by atoms with Gasteiger partial charge in [-0.3, -0.25) is 24.2 Å². The van der Waals surface area contributed by atoms with Gasteiger partial charge in [-0.15, -0.1) is 24.0 Å². The Bertz CT molecular complexity index is 849. The van der Waals surface area contributed by atoms with Crippen molar-refractivity contribution in [3.8, 4) is 0 Å². The molecule has 2 bridgehead atoms. The number of hydrogen-bond donors (Lipinski definition) is 2. The van der Waals surface area contributed by atoms with E-state index in [0.29, 0.717) is 25.6 Å². The first-order chi connectivity index (χ1) is 14.5. The Labute approximate surface area is 200 Å². The topological polar surface area (TPSA) is 91.6 Å². The Morgan fingerprint density at radius 3 is 2.39 bits per heavy atom. The van der Waals surface area contributed by atoms with Crippen LogP contribution >= 0.6 is 24.0 Å². The SMILES string of the molecule is CCNC(=NCCCn1nc(C)cc1C)NCCN1C(=O)C2C3C=CC(C3)C2C1=O.I. The molecule has 4 unspecified atom stereocenters. The molecule has 4 atom stereocenters. The van der Waals surface area contributed by atoms with Crippen molar-refractivity contribution in [3.63, 3.8) is 0 Å². The molecule has 31 heavy (non-hydrogen) atoms. The molecule has 2 aliphatic carbocycles. The van der Waals surface area contributed by atoms with E-state index in [1.807, 2.05) is 18.5 Å². The number of aromatic nitrogens is 2. The highest BCUT2D eigenvalue weighted by molar-refractivity contribution is 14.0. The number of nitrogens with zero attached hydrogens (tertiary/aromatic N) is 4. The van der Waals surface area contributed by atoms with Crippen molar-refractivity contribution in [1.29, 1.82) is 0 Å². The monoisotopic (exact) mass is 540 g/mol. The molecule has 2 heterocycles. The molecular formula is C22H33IN6O2. The third-order valence-corrected chi connectivity index (χ3v) is 6.44. The highest BCUT2D eigenvalue weighted by Gasteiger charge is 2.58. The second-order valence-corrected chi connectivity index (χ2v) is 8.52. The highest BCUT2D eigenvalue weighted by atomic mass is 127. The molecule has 0 aromatic carbocycles. The van der Waals surface area contributed by atoms with Gasteiger partial charge < -0.3 is 10.6 Å². The number of aliphatic imine (C=N–C) groups is 1. The number of imide groups is 1. The number of carbonyl (C=O) groups is 2. The second kappa shape index (κ2) is 10.1. The van der Waals surface area contributed by atoms with Gasteiger partial charge in [0.1, 0.15) is 0 Å². The van der Waals surface area contributed by atoms with Crippen LogP contribution in [-0.2, 0) is 16.1 Å². The summed E-state index contributed by atoms with van der Waals surface area (Å²) in [7, 11) is 0. The summed E-state index contributed by atoms with van der Waals surface area (Å²) < 4.78 is 2.01.